The molecule has 2 aromatic heterocycles. The van der Waals surface area contributed by atoms with Crippen LogP contribution in [0, 0.1) is 0 Å². The summed E-state index contributed by atoms with van der Waals surface area (Å²) in [6.45, 7) is 4.07. The lowest BCUT2D eigenvalue weighted by atomic mass is 10.3. The van der Waals surface area contributed by atoms with Gasteiger partial charge in [0, 0.05) is 19.6 Å². The summed E-state index contributed by atoms with van der Waals surface area (Å²) in [7, 11) is 0. The Morgan fingerprint density at radius 3 is 2.94 bits per heavy atom. The van der Waals surface area contributed by atoms with Crippen molar-refractivity contribution in [3.63, 3.8) is 0 Å². The fraction of sp³-hybridized carbons (Fsp3) is 0.455. The summed E-state index contributed by atoms with van der Waals surface area (Å²) in [5, 5.41) is 7.67. The zero-order valence-electron chi connectivity index (χ0n) is 9.73. The van der Waals surface area contributed by atoms with Gasteiger partial charge in [0.05, 0.1) is 30.1 Å². The van der Waals surface area contributed by atoms with Crippen molar-refractivity contribution in [2.75, 3.05) is 26.3 Å². The molecule has 0 atom stereocenters. The number of H-pyrrole nitrogens is 1. The Morgan fingerprint density at radius 2 is 2.22 bits per heavy atom. The van der Waals surface area contributed by atoms with E-state index in [1.54, 1.807) is 6.20 Å². The van der Waals surface area contributed by atoms with E-state index in [1.165, 1.54) is 6.26 Å². The average Bonchev–Trinajstić information content (AvgIpc) is 3.02. The van der Waals surface area contributed by atoms with Crippen LogP contribution >= 0.6 is 11.6 Å². The molecular formula is C11H13ClN4O2. The Labute approximate surface area is 109 Å². The van der Waals surface area contributed by atoms with Gasteiger partial charge in [-0.3, -0.25) is 10.00 Å². The van der Waals surface area contributed by atoms with Crippen molar-refractivity contribution in [1.29, 1.82) is 0 Å². The van der Waals surface area contributed by atoms with E-state index >= 15 is 0 Å². The second kappa shape index (κ2) is 5.09. The Bertz CT molecular complexity index is 505. The minimum absolute atomic E-state index is 0.435. The van der Waals surface area contributed by atoms with Gasteiger partial charge in [-0.1, -0.05) is 11.6 Å². The van der Waals surface area contributed by atoms with Gasteiger partial charge in [-0.25, -0.2) is 4.98 Å². The molecule has 0 spiro atoms. The largest absolute Gasteiger partial charge is 0.443 e. The molecule has 0 radical (unpaired) electrons. The Morgan fingerprint density at radius 1 is 1.39 bits per heavy atom. The maximum absolute atomic E-state index is 6.28. The molecule has 0 amide bonds. The number of morpholine rings is 1. The first kappa shape index (κ1) is 11.7. The minimum Gasteiger partial charge on any atom is -0.443 e. The number of nitrogens with zero attached hydrogens (tertiary/aromatic N) is 3. The average molecular weight is 269 g/mol. The molecule has 3 heterocycles. The van der Waals surface area contributed by atoms with Gasteiger partial charge in [0.25, 0.3) is 0 Å². The fourth-order valence-electron chi connectivity index (χ4n) is 1.93. The Balaban J connectivity index is 1.77. The molecule has 1 aliphatic heterocycles. The van der Waals surface area contributed by atoms with Crippen LogP contribution in [0.15, 0.2) is 16.9 Å². The SMILES string of the molecule is Clc1c(-c2ncco2)n[nH]c1CN1CCOCC1. The molecule has 0 saturated carbocycles. The summed E-state index contributed by atoms with van der Waals surface area (Å²) in [6, 6.07) is 0. The normalized spacial score (nSPS) is 17.2. The summed E-state index contributed by atoms with van der Waals surface area (Å²) >= 11 is 6.28. The highest BCUT2D eigenvalue weighted by Gasteiger charge is 2.19. The van der Waals surface area contributed by atoms with Gasteiger partial charge >= 0.3 is 0 Å². The molecule has 3 rings (SSSR count). The van der Waals surface area contributed by atoms with Crippen LogP contribution in [0.25, 0.3) is 11.6 Å². The summed E-state index contributed by atoms with van der Waals surface area (Å²) in [5.41, 5.74) is 1.44. The van der Waals surface area contributed by atoms with Crippen LogP contribution in [0.1, 0.15) is 5.69 Å². The van der Waals surface area contributed by atoms with Crippen molar-refractivity contribution in [2.24, 2.45) is 0 Å². The standard InChI is InChI=1S/C11H13ClN4O2/c12-9-8(7-16-2-5-17-6-3-16)14-15-10(9)11-13-1-4-18-11/h1,4H,2-3,5-7H2,(H,14,15). The van der Waals surface area contributed by atoms with E-state index in [0.29, 0.717) is 16.6 Å². The second-order valence-electron chi connectivity index (χ2n) is 4.09. The van der Waals surface area contributed by atoms with Crippen LogP contribution in [-0.4, -0.2) is 46.4 Å². The summed E-state index contributed by atoms with van der Waals surface area (Å²) in [6.07, 6.45) is 3.07. The number of nitrogens with one attached hydrogen (secondary N) is 1. The number of aromatic nitrogens is 3. The number of hydrogen-bond donors (Lipinski definition) is 1. The van der Waals surface area contributed by atoms with Crippen molar-refractivity contribution in [3.05, 3.63) is 23.2 Å². The molecule has 1 saturated heterocycles. The maximum atomic E-state index is 6.28. The van der Waals surface area contributed by atoms with Gasteiger partial charge in [-0.05, 0) is 0 Å². The van der Waals surface area contributed by atoms with Gasteiger partial charge in [0.15, 0.2) is 5.69 Å². The van der Waals surface area contributed by atoms with Gasteiger partial charge in [-0.2, -0.15) is 5.10 Å². The van der Waals surface area contributed by atoms with Crippen molar-refractivity contribution in [2.45, 2.75) is 6.54 Å². The van der Waals surface area contributed by atoms with Gasteiger partial charge in [0.2, 0.25) is 5.89 Å². The fourth-order valence-corrected chi connectivity index (χ4v) is 2.16. The molecule has 0 unspecified atom stereocenters. The molecule has 1 aliphatic rings. The van der Waals surface area contributed by atoms with E-state index in [2.05, 4.69) is 20.1 Å². The zero-order valence-corrected chi connectivity index (χ0v) is 10.5. The molecule has 0 aromatic carbocycles. The first-order chi connectivity index (χ1) is 8.84. The number of hydrogen-bond acceptors (Lipinski definition) is 5. The van der Waals surface area contributed by atoms with Crippen LogP contribution < -0.4 is 0 Å². The lowest BCUT2D eigenvalue weighted by molar-refractivity contribution is 0.0336. The van der Waals surface area contributed by atoms with Gasteiger partial charge in [-0.15, -0.1) is 0 Å². The quantitative estimate of drug-likeness (QED) is 0.915. The highest BCUT2D eigenvalue weighted by Crippen LogP contribution is 2.27. The summed E-state index contributed by atoms with van der Waals surface area (Å²) in [4.78, 5) is 6.31. The predicted octanol–water partition coefficient (Wildman–Crippen LogP) is 1.55. The monoisotopic (exact) mass is 268 g/mol. The lowest BCUT2D eigenvalue weighted by Crippen LogP contribution is -2.35. The number of rotatable bonds is 3. The molecular weight excluding hydrogens is 256 g/mol. The smallest absolute Gasteiger partial charge is 0.248 e. The highest BCUT2D eigenvalue weighted by molar-refractivity contribution is 6.33. The molecule has 2 aromatic rings. The number of oxazole rings is 1. The minimum atomic E-state index is 0.435. The third kappa shape index (κ3) is 2.27. The highest BCUT2D eigenvalue weighted by atomic mass is 35.5. The maximum Gasteiger partial charge on any atom is 0.248 e. The van der Waals surface area contributed by atoms with Gasteiger partial charge in [0.1, 0.15) is 6.26 Å². The number of aromatic amines is 1. The van der Waals surface area contributed by atoms with E-state index in [4.69, 9.17) is 20.8 Å². The zero-order chi connectivity index (χ0) is 12.4. The Hall–Kier alpha value is -1.37. The number of halogens is 1. The molecule has 18 heavy (non-hydrogen) atoms. The van der Waals surface area contributed by atoms with E-state index in [-0.39, 0.29) is 0 Å². The van der Waals surface area contributed by atoms with Crippen LogP contribution in [-0.2, 0) is 11.3 Å². The van der Waals surface area contributed by atoms with E-state index in [1.807, 2.05) is 0 Å². The number of ether oxygens (including phenoxy) is 1. The van der Waals surface area contributed by atoms with Crippen LogP contribution in [0.2, 0.25) is 5.02 Å². The van der Waals surface area contributed by atoms with Crippen LogP contribution in [0.3, 0.4) is 0 Å². The van der Waals surface area contributed by atoms with E-state index in [9.17, 15) is 0 Å². The molecule has 6 nitrogen and oxygen atoms in total. The predicted molar refractivity (Wildman–Crippen MR) is 65.2 cm³/mol. The van der Waals surface area contributed by atoms with Crippen molar-refractivity contribution < 1.29 is 9.15 Å². The van der Waals surface area contributed by atoms with Crippen LogP contribution in [0.5, 0.6) is 0 Å². The molecule has 7 heteroatoms. The lowest BCUT2D eigenvalue weighted by Gasteiger charge is -2.25. The summed E-state index contributed by atoms with van der Waals surface area (Å²) < 4.78 is 10.5. The van der Waals surface area contributed by atoms with Crippen molar-refractivity contribution >= 4 is 11.6 Å². The molecule has 0 aliphatic carbocycles. The second-order valence-corrected chi connectivity index (χ2v) is 4.47. The summed E-state index contributed by atoms with van der Waals surface area (Å²) in [5.74, 6) is 0.435. The molecule has 0 bridgehead atoms. The third-order valence-electron chi connectivity index (χ3n) is 2.90. The topological polar surface area (TPSA) is 67.2 Å². The van der Waals surface area contributed by atoms with E-state index in [0.717, 1.165) is 38.5 Å². The molecule has 1 N–H and O–H groups in total. The van der Waals surface area contributed by atoms with Crippen molar-refractivity contribution in [1.82, 2.24) is 20.1 Å². The molecule has 96 valence electrons. The van der Waals surface area contributed by atoms with Gasteiger partial charge < -0.3 is 9.15 Å². The Kier molecular flexibility index (Phi) is 3.31. The first-order valence-electron chi connectivity index (χ1n) is 5.77. The van der Waals surface area contributed by atoms with E-state index < -0.39 is 0 Å². The van der Waals surface area contributed by atoms with Crippen LogP contribution in [0.4, 0.5) is 0 Å². The molecule has 1 fully saturated rings. The third-order valence-corrected chi connectivity index (χ3v) is 3.30. The first-order valence-corrected chi connectivity index (χ1v) is 6.15. The van der Waals surface area contributed by atoms with Crippen molar-refractivity contribution in [3.8, 4) is 11.6 Å².